The molecule has 0 aromatic heterocycles. The van der Waals surface area contributed by atoms with Gasteiger partial charge < -0.3 is 15.1 Å². The number of aryl methyl sites for hydroxylation is 1. The smallest absolute Gasteiger partial charge is 0.227 e. The van der Waals surface area contributed by atoms with Crippen LogP contribution in [0.25, 0.3) is 0 Å². The van der Waals surface area contributed by atoms with Gasteiger partial charge in [-0.15, -0.1) is 0 Å². The average molecular weight is 463 g/mol. The highest BCUT2D eigenvalue weighted by Gasteiger charge is 2.35. The molecule has 1 atom stereocenters. The van der Waals surface area contributed by atoms with E-state index in [2.05, 4.69) is 22.3 Å². The van der Waals surface area contributed by atoms with E-state index in [9.17, 15) is 14.4 Å². The lowest BCUT2D eigenvalue weighted by Crippen LogP contribution is -2.50. The van der Waals surface area contributed by atoms with Gasteiger partial charge >= 0.3 is 0 Å². The summed E-state index contributed by atoms with van der Waals surface area (Å²) in [4.78, 5) is 43.4. The zero-order chi connectivity index (χ0) is 23.8. The lowest BCUT2D eigenvalue weighted by molar-refractivity contribution is -0.133. The second-order valence-corrected chi connectivity index (χ2v) is 9.09. The van der Waals surface area contributed by atoms with Crippen molar-refractivity contribution in [3.8, 4) is 0 Å². The summed E-state index contributed by atoms with van der Waals surface area (Å²) in [5, 5.41) is 3.00. The Labute approximate surface area is 201 Å². The van der Waals surface area contributed by atoms with E-state index in [1.165, 1.54) is 5.56 Å². The molecule has 0 aliphatic carbocycles. The normalized spacial score (nSPS) is 18.8. The molecule has 3 amide bonds. The topological polar surface area (TPSA) is 73.0 Å². The van der Waals surface area contributed by atoms with Crippen LogP contribution in [-0.2, 0) is 20.8 Å². The molecule has 1 N–H and O–H groups in total. The third kappa shape index (κ3) is 6.44. The van der Waals surface area contributed by atoms with Gasteiger partial charge in [0.05, 0.1) is 5.92 Å². The molecule has 7 nitrogen and oxygen atoms in total. The molecule has 34 heavy (non-hydrogen) atoms. The number of piperazine rings is 1. The molecular formula is C27H34N4O3. The highest BCUT2D eigenvalue weighted by molar-refractivity contribution is 6.00. The van der Waals surface area contributed by atoms with Crippen molar-refractivity contribution in [2.75, 3.05) is 50.7 Å². The molecule has 0 spiro atoms. The number of rotatable bonds is 9. The fraction of sp³-hybridized carbons (Fsp3) is 0.444. The number of anilines is 1. The van der Waals surface area contributed by atoms with Crippen molar-refractivity contribution in [1.82, 2.24) is 15.1 Å². The molecule has 2 aliphatic heterocycles. The summed E-state index contributed by atoms with van der Waals surface area (Å²) >= 11 is 0. The van der Waals surface area contributed by atoms with Gasteiger partial charge in [0.25, 0.3) is 0 Å². The summed E-state index contributed by atoms with van der Waals surface area (Å²) in [6.07, 6.45) is 2.65. The van der Waals surface area contributed by atoms with E-state index in [4.69, 9.17) is 0 Å². The maximum Gasteiger partial charge on any atom is 0.227 e. The third-order valence-electron chi connectivity index (χ3n) is 6.71. The van der Waals surface area contributed by atoms with E-state index in [0.29, 0.717) is 19.5 Å². The minimum absolute atomic E-state index is 0.00379. The average Bonchev–Trinajstić information content (AvgIpc) is 3.27. The van der Waals surface area contributed by atoms with Crippen LogP contribution in [0.3, 0.4) is 0 Å². The van der Waals surface area contributed by atoms with Gasteiger partial charge in [0, 0.05) is 64.3 Å². The summed E-state index contributed by atoms with van der Waals surface area (Å²) in [6, 6.07) is 19.8. The Morgan fingerprint density at radius 2 is 1.59 bits per heavy atom. The number of para-hydroxylation sites is 1. The van der Waals surface area contributed by atoms with Crippen LogP contribution in [0, 0.1) is 5.92 Å². The number of benzene rings is 2. The maximum atomic E-state index is 12.6. The van der Waals surface area contributed by atoms with Crippen molar-refractivity contribution in [2.45, 2.75) is 25.7 Å². The van der Waals surface area contributed by atoms with E-state index in [-0.39, 0.29) is 30.1 Å². The number of carbonyl (C=O) groups excluding carboxylic acids is 3. The van der Waals surface area contributed by atoms with E-state index in [0.717, 1.165) is 51.3 Å². The number of nitrogens with zero attached hydrogens (tertiary/aromatic N) is 3. The molecule has 0 saturated carbocycles. The van der Waals surface area contributed by atoms with Crippen molar-refractivity contribution in [3.63, 3.8) is 0 Å². The van der Waals surface area contributed by atoms with Crippen LogP contribution in [0.4, 0.5) is 5.69 Å². The highest BCUT2D eigenvalue weighted by atomic mass is 16.2. The standard InChI is InChI=1S/C27H34N4O3/c32-25(13-7-10-22-8-3-1-4-9-22)30-18-16-29(17-19-30)15-14-28-27(34)23-20-26(33)31(21-23)24-11-5-2-6-12-24/h1-6,8-9,11-12,23H,7,10,13-21H2,(H,28,34). The number of carbonyl (C=O) groups is 3. The number of hydrogen-bond donors (Lipinski definition) is 1. The summed E-state index contributed by atoms with van der Waals surface area (Å²) in [5.41, 5.74) is 2.12. The summed E-state index contributed by atoms with van der Waals surface area (Å²) in [6.45, 7) is 4.86. The zero-order valence-corrected chi connectivity index (χ0v) is 19.7. The Bertz CT molecular complexity index is 958. The van der Waals surface area contributed by atoms with E-state index < -0.39 is 0 Å². The molecule has 2 fully saturated rings. The van der Waals surface area contributed by atoms with Crippen molar-refractivity contribution in [3.05, 3.63) is 66.2 Å². The molecule has 2 aliphatic rings. The van der Waals surface area contributed by atoms with Gasteiger partial charge in [0.2, 0.25) is 17.7 Å². The molecular weight excluding hydrogens is 428 g/mol. The van der Waals surface area contributed by atoms with Crippen LogP contribution in [0.5, 0.6) is 0 Å². The second-order valence-electron chi connectivity index (χ2n) is 9.09. The monoisotopic (exact) mass is 462 g/mol. The lowest BCUT2D eigenvalue weighted by atomic mass is 10.1. The fourth-order valence-electron chi connectivity index (χ4n) is 4.69. The first-order chi connectivity index (χ1) is 16.6. The minimum atomic E-state index is -0.307. The molecule has 2 saturated heterocycles. The molecule has 2 heterocycles. The van der Waals surface area contributed by atoms with E-state index in [1.54, 1.807) is 4.90 Å². The van der Waals surface area contributed by atoms with Crippen LogP contribution in [0.1, 0.15) is 24.8 Å². The van der Waals surface area contributed by atoms with Gasteiger partial charge in [-0.25, -0.2) is 0 Å². The first-order valence-corrected chi connectivity index (χ1v) is 12.3. The van der Waals surface area contributed by atoms with Gasteiger partial charge in [-0.1, -0.05) is 48.5 Å². The Kier molecular flexibility index (Phi) is 8.31. The Morgan fingerprint density at radius 1 is 0.912 bits per heavy atom. The Morgan fingerprint density at radius 3 is 2.29 bits per heavy atom. The molecule has 7 heteroatoms. The second kappa shape index (κ2) is 11.8. The first-order valence-electron chi connectivity index (χ1n) is 12.3. The van der Waals surface area contributed by atoms with Crippen molar-refractivity contribution >= 4 is 23.4 Å². The van der Waals surface area contributed by atoms with Crippen molar-refractivity contribution in [2.24, 2.45) is 5.92 Å². The highest BCUT2D eigenvalue weighted by Crippen LogP contribution is 2.24. The number of amides is 3. The van der Waals surface area contributed by atoms with Gasteiger partial charge in [0.1, 0.15) is 0 Å². The molecule has 2 aromatic rings. The molecule has 0 radical (unpaired) electrons. The molecule has 1 unspecified atom stereocenters. The van der Waals surface area contributed by atoms with Crippen LogP contribution in [-0.4, -0.2) is 73.3 Å². The van der Waals surface area contributed by atoms with Crippen LogP contribution in [0.15, 0.2) is 60.7 Å². The zero-order valence-electron chi connectivity index (χ0n) is 19.7. The number of nitrogens with one attached hydrogen (secondary N) is 1. The van der Waals surface area contributed by atoms with Crippen LogP contribution < -0.4 is 10.2 Å². The van der Waals surface area contributed by atoms with Gasteiger partial charge in [-0.2, -0.15) is 0 Å². The summed E-state index contributed by atoms with van der Waals surface area (Å²) < 4.78 is 0. The van der Waals surface area contributed by atoms with Gasteiger partial charge in [-0.3, -0.25) is 19.3 Å². The Hall–Kier alpha value is -3.19. The van der Waals surface area contributed by atoms with Gasteiger partial charge in [0.15, 0.2) is 0 Å². The predicted molar refractivity (Wildman–Crippen MR) is 132 cm³/mol. The fourth-order valence-corrected chi connectivity index (χ4v) is 4.69. The lowest BCUT2D eigenvalue weighted by Gasteiger charge is -2.34. The van der Waals surface area contributed by atoms with Crippen molar-refractivity contribution in [1.29, 1.82) is 0 Å². The van der Waals surface area contributed by atoms with Crippen molar-refractivity contribution < 1.29 is 14.4 Å². The Balaban J connectivity index is 1.11. The van der Waals surface area contributed by atoms with Crippen LogP contribution >= 0.6 is 0 Å². The summed E-state index contributed by atoms with van der Waals surface area (Å²) in [5.74, 6) is -0.134. The van der Waals surface area contributed by atoms with E-state index >= 15 is 0 Å². The summed E-state index contributed by atoms with van der Waals surface area (Å²) in [7, 11) is 0. The van der Waals surface area contributed by atoms with Crippen LogP contribution in [0.2, 0.25) is 0 Å². The molecule has 2 aromatic carbocycles. The van der Waals surface area contributed by atoms with Gasteiger partial charge in [-0.05, 0) is 30.5 Å². The third-order valence-corrected chi connectivity index (χ3v) is 6.71. The quantitative estimate of drug-likeness (QED) is 0.621. The number of hydrogen-bond acceptors (Lipinski definition) is 4. The van der Waals surface area contributed by atoms with E-state index in [1.807, 2.05) is 53.4 Å². The maximum absolute atomic E-state index is 12.6. The first kappa shape index (κ1) is 24.0. The SMILES string of the molecule is O=C(NCCN1CCN(C(=O)CCCc2ccccc2)CC1)C1CC(=O)N(c2ccccc2)C1. The molecule has 0 bridgehead atoms. The minimum Gasteiger partial charge on any atom is -0.355 e. The molecule has 180 valence electrons. The molecule has 4 rings (SSSR count). The predicted octanol–water partition coefficient (Wildman–Crippen LogP) is 2.32. The largest absolute Gasteiger partial charge is 0.355 e.